The van der Waals surface area contributed by atoms with Crippen molar-refractivity contribution in [2.24, 2.45) is 0 Å². The first-order valence-electron chi connectivity index (χ1n) is 4.73. The highest BCUT2D eigenvalue weighted by molar-refractivity contribution is 5.08. The van der Waals surface area contributed by atoms with E-state index in [4.69, 9.17) is 0 Å². The molecule has 0 fully saturated rings. The van der Waals surface area contributed by atoms with E-state index in [1.165, 1.54) is 0 Å². The van der Waals surface area contributed by atoms with Crippen LogP contribution in [0, 0.1) is 6.92 Å². The van der Waals surface area contributed by atoms with Gasteiger partial charge in [-0.3, -0.25) is 4.68 Å². The van der Waals surface area contributed by atoms with Crippen LogP contribution >= 0.6 is 0 Å². The first-order chi connectivity index (χ1) is 6.92. The number of hydrogen-bond donors (Lipinski definition) is 1. The van der Waals surface area contributed by atoms with Gasteiger partial charge in [0, 0.05) is 13.1 Å². The summed E-state index contributed by atoms with van der Waals surface area (Å²) in [6, 6.07) is 1.78. The molecule has 86 valence electrons. The molecule has 0 saturated heterocycles. The minimum Gasteiger partial charge on any atom is -0.303 e. The summed E-state index contributed by atoms with van der Waals surface area (Å²) in [5.41, 5.74) is 1.60. The molecule has 1 rings (SSSR count). The van der Waals surface area contributed by atoms with Crippen LogP contribution < -0.4 is 5.32 Å². The average molecular weight is 221 g/mol. The second-order valence-electron chi connectivity index (χ2n) is 3.31. The highest BCUT2D eigenvalue weighted by Crippen LogP contribution is 2.12. The molecular formula is C9H14F3N3. The molecule has 0 amide bonds. The molecule has 0 bridgehead atoms. The summed E-state index contributed by atoms with van der Waals surface area (Å²) < 4.78 is 37.3. The van der Waals surface area contributed by atoms with Gasteiger partial charge in [-0.25, -0.2) is 0 Å². The van der Waals surface area contributed by atoms with Crippen LogP contribution in [0.2, 0.25) is 0 Å². The molecule has 0 aliphatic heterocycles. The Balaban J connectivity index is 2.50. The maximum Gasteiger partial charge on any atom is 0.401 e. The molecule has 3 nitrogen and oxygen atoms in total. The van der Waals surface area contributed by atoms with Gasteiger partial charge in [0.15, 0.2) is 0 Å². The lowest BCUT2D eigenvalue weighted by atomic mass is 10.3. The van der Waals surface area contributed by atoms with E-state index in [2.05, 4.69) is 10.4 Å². The van der Waals surface area contributed by atoms with Crippen molar-refractivity contribution < 1.29 is 13.2 Å². The van der Waals surface area contributed by atoms with Crippen molar-refractivity contribution in [3.63, 3.8) is 0 Å². The number of aryl methyl sites for hydroxylation is 2. The molecule has 15 heavy (non-hydrogen) atoms. The molecule has 0 spiro atoms. The van der Waals surface area contributed by atoms with Gasteiger partial charge in [-0.15, -0.1) is 0 Å². The van der Waals surface area contributed by atoms with E-state index >= 15 is 0 Å². The molecule has 0 atom stereocenters. The Morgan fingerprint density at radius 3 is 2.67 bits per heavy atom. The molecule has 0 saturated carbocycles. The molecule has 0 aromatic carbocycles. The molecule has 1 heterocycles. The summed E-state index contributed by atoms with van der Waals surface area (Å²) in [6.45, 7) is 3.60. The summed E-state index contributed by atoms with van der Waals surface area (Å²) in [5, 5.41) is 6.48. The van der Waals surface area contributed by atoms with E-state index in [1.54, 1.807) is 10.7 Å². The van der Waals surface area contributed by atoms with E-state index in [1.807, 2.05) is 13.8 Å². The molecule has 1 N–H and O–H groups in total. The van der Waals surface area contributed by atoms with Gasteiger partial charge in [0.1, 0.15) is 0 Å². The van der Waals surface area contributed by atoms with Crippen LogP contribution in [0.1, 0.15) is 18.3 Å². The van der Waals surface area contributed by atoms with Crippen molar-refractivity contribution in [2.45, 2.75) is 33.1 Å². The van der Waals surface area contributed by atoms with Gasteiger partial charge >= 0.3 is 6.18 Å². The largest absolute Gasteiger partial charge is 0.401 e. The van der Waals surface area contributed by atoms with E-state index in [9.17, 15) is 13.2 Å². The van der Waals surface area contributed by atoms with Gasteiger partial charge in [-0.1, -0.05) is 0 Å². The minimum atomic E-state index is -4.16. The van der Waals surface area contributed by atoms with Crippen LogP contribution in [0.25, 0.3) is 0 Å². The van der Waals surface area contributed by atoms with Crippen molar-refractivity contribution in [3.05, 3.63) is 17.5 Å². The summed E-state index contributed by atoms with van der Waals surface area (Å²) in [6.07, 6.45) is -4.16. The number of halogens is 3. The van der Waals surface area contributed by atoms with Crippen molar-refractivity contribution in [1.29, 1.82) is 0 Å². The van der Waals surface area contributed by atoms with Crippen LogP contribution in [-0.2, 0) is 13.1 Å². The lowest BCUT2D eigenvalue weighted by Gasteiger charge is -2.08. The fourth-order valence-corrected chi connectivity index (χ4v) is 1.35. The summed E-state index contributed by atoms with van der Waals surface area (Å²) in [5.74, 6) is 0. The number of alkyl halides is 3. The number of rotatable bonds is 4. The Bertz CT molecular complexity index is 317. The predicted octanol–water partition coefficient (Wildman–Crippen LogP) is 1.86. The zero-order valence-electron chi connectivity index (χ0n) is 8.73. The lowest BCUT2D eigenvalue weighted by molar-refractivity contribution is -0.125. The van der Waals surface area contributed by atoms with Crippen molar-refractivity contribution in [1.82, 2.24) is 15.1 Å². The molecule has 1 aromatic heterocycles. The number of aromatic nitrogens is 2. The van der Waals surface area contributed by atoms with Crippen LogP contribution in [-0.4, -0.2) is 22.5 Å². The molecule has 0 unspecified atom stereocenters. The molecule has 0 radical (unpaired) electrons. The van der Waals surface area contributed by atoms with Crippen molar-refractivity contribution in [3.8, 4) is 0 Å². The van der Waals surface area contributed by atoms with Gasteiger partial charge in [0.2, 0.25) is 0 Å². The minimum absolute atomic E-state index is 0.189. The second-order valence-corrected chi connectivity index (χ2v) is 3.31. The van der Waals surface area contributed by atoms with E-state index in [0.717, 1.165) is 11.4 Å². The van der Waals surface area contributed by atoms with Gasteiger partial charge in [-0.2, -0.15) is 18.3 Å². The predicted molar refractivity (Wildman–Crippen MR) is 50.4 cm³/mol. The second kappa shape index (κ2) is 4.65. The molecule has 0 aliphatic rings. The standard InChI is InChI=1S/C9H14F3N3/c1-3-15-8(4-7(2)14-15)5-13-6-9(10,11)12/h4,13H,3,5-6H2,1-2H3. The average Bonchev–Trinajstić information content (AvgIpc) is 2.44. The molecular weight excluding hydrogens is 207 g/mol. The first-order valence-corrected chi connectivity index (χ1v) is 4.73. The Kier molecular flexibility index (Phi) is 3.73. The van der Waals surface area contributed by atoms with Crippen molar-refractivity contribution >= 4 is 0 Å². The monoisotopic (exact) mass is 221 g/mol. The fraction of sp³-hybridized carbons (Fsp3) is 0.667. The first kappa shape index (κ1) is 12.0. The third-order valence-electron chi connectivity index (χ3n) is 1.92. The van der Waals surface area contributed by atoms with Crippen LogP contribution in [0.3, 0.4) is 0 Å². The number of nitrogens with zero attached hydrogens (tertiary/aromatic N) is 2. The van der Waals surface area contributed by atoms with Gasteiger partial charge in [-0.05, 0) is 19.9 Å². The lowest BCUT2D eigenvalue weighted by Crippen LogP contribution is -2.29. The van der Waals surface area contributed by atoms with Gasteiger partial charge in [0.25, 0.3) is 0 Å². The third-order valence-corrected chi connectivity index (χ3v) is 1.92. The third kappa shape index (κ3) is 3.91. The summed E-state index contributed by atoms with van der Waals surface area (Å²) in [7, 11) is 0. The Morgan fingerprint density at radius 1 is 1.47 bits per heavy atom. The molecule has 6 heteroatoms. The topological polar surface area (TPSA) is 29.9 Å². The summed E-state index contributed by atoms with van der Waals surface area (Å²) in [4.78, 5) is 0. The van der Waals surface area contributed by atoms with Crippen molar-refractivity contribution in [2.75, 3.05) is 6.54 Å². The van der Waals surface area contributed by atoms with Crippen LogP contribution in [0.4, 0.5) is 13.2 Å². The normalized spacial score (nSPS) is 12.1. The highest BCUT2D eigenvalue weighted by Gasteiger charge is 2.26. The number of hydrogen-bond acceptors (Lipinski definition) is 2. The van der Waals surface area contributed by atoms with E-state index < -0.39 is 12.7 Å². The van der Waals surface area contributed by atoms with Gasteiger partial charge < -0.3 is 5.32 Å². The fourth-order valence-electron chi connectivity index (χ4n) is 1.35. The quantitative estimate of drug-likeness (QED) is 0.841. The Labute approximate surface area is 86.3 Å². The zero-order valence-corrected chi connectivity index (χ0v) is 8.73. The molecule has 1 aromatic rings. The van der Waals surface area contributed by atoms with E-state index in [0.29, 0.717) is 6.54 Å². The van der Waals surface area contributed by atoms with Crippen LogP contribution in [0.5, 0.6) is 0 Å². The summed E-state index contributed by atoms with van der Waals surface area (Å²) >= 11 is 0. The Morgan fingerprint density at radius 2 is 2.13 bits per heavy atom. The van der Waals surface area contributed by atoms with Crippen LogP contribution in [0.15, 0.2) is 6.07 Å². The zero-order chi connectivity index (χ0) is 11.5. The Hall–Kier alpha value is -1.04. The smallest absolute Gasteiger partial charge is 0.303 e. The maximum atomic E-state index is 11.9. The van der Waals surface area contributed by atoms with Gasteiger partial charge in [0.05, 0.1) is 17.9 Å². The molecule has 0 aliphatic carbocycles. The maximum absolute atomic E-state index is 11.9. The number of nitrogens with one attached hydrogen (secondary N) is 1. The highest BCUT2D eigenvalue weighted by atomic mass is 19.4. The van der Waals surface area contributed by atoms with E-state index in [-0.39, 0.29) is 6.54 Å². The SMILES string of the molecule is CCn1nc(C)cc1CNCC(F)(F)F.